The molecule has 53 heavy (non-hydrogen) atoms. The van der Waals surface area contributed by atoms with Gasteiger partial charge in [0, 0.05) is 51.8 Å². The number of aliphatic carboxylic acids is 1. The number of fused-ring (bicyclic) bond motifs is 11. The van der Waals surface area contributed by atoms with Crippen LogP contribution < -0.4 is 0 Å². The molecule has 4 aliphatic rings. The van der Waals surface area contributed by atoms with Gasteiger partial charge in [0.1, 0.15) is 13.2 Å². The van der Waals surface area contributed by atoms with E-state index in [1.165, 1.54) is 13.2 Å². The SMILES string of the molecule is C=CC1=C(C)c2cc3[nH]c(cc4nc(cc5[nH]c(cc1n2)c(C)c5CCC(=O)OC)C(CCC(=O)O)=C4C)[C@@]1(C)C3=CC=C(C(=O)CO)[C@H]1C(=O)CO. The van der Waals surface area contributed by atoms with E-state index < -0.39 is 42.1 Å². The number of esters is 1. The van der Waals surface area contributed by atoms with Gasteiger partial charge in [-0.2, -0.15) is 0 Å². The first-order chi connectivity index (χ1) is 25.3. The maximum Gasteiger partial charge on any atom is 0.305 e. The van der Waals surface area contributed by atoms with Crippen LogP contribution >= 0.6 is 0 Å². The standard InChI is InChI=1S/C41H42N4O8/c1-7-23-20(2)29-15-34-27-11-8-26(35(48)18-46)40(36(49)19-47)41(27,5)37(45-34)17-30-22(4)24(9-12-38(50)51)32(44-30)16-33-25(10-13-39(52)53-6)21(3)28(43-33)14-31(23)42-29/h7-8,11,14-17,40,43,45-47H,1,9-10,12-13,18-19H2,2-6H3,(H,50,51)/t40-,41+/m0/s1. The Labute approximate surface area is 306 Å². The average molecular weight is 719 g/mol. The van der Waals surface area contributed by atoms with Gasteiger partial charge in [-0.15, -0.1) is 0 Å². The number of H-pyrrole nitrogens is 2. The first-order valence-corrected chi connectivity index (χ1v) is 17.3. The van der Waals surface area contributed by atoms with Crippen LogP contribution in [0, 0.1) is 12.8 Å². The molecule has 0 saturated carbocycles. The molecule has 6 rings (SSSR count). The molecular formula is C41H42N4O8. The number of aliphatic hydroxyl groups is 2. The van der Waals surface area contributed by atoms with Gasteiger partial charge in [-0.05, 0) is 98.2 Å². The topological polar surface area (TPSA) is 196 Å². The molecule has 0 radical (unpaired) electrons. The lowest BCUT2D eigenvalue weighted by atomic mass is 9.62. The lowest BCUT2D eigenvalue weighted by Crippen LogP contribution is -2.43. The minimum atomic E-state index is -1.21. The van der Waals surface area contributed by atoms with E-state index >= 15 is 0 Å². The number of rotatable bonds is 11. The molecule has 8 bridgehead atoms. The average Bonchev–Trinajstić information content (AvgIpc) is 3.79. The zero-order valence-electron chi connectivity index (χ0n) is 30.3. The number of carboxylic acids is 1. The normalized spacial score (nSPS) is 18.6. The minimum Gasteiger partial charge on any atom is -0.481 e. The molecule has 274 valence electrons. The number of aliphatic hydroxyl groups excluding tert-OH is 2. The van der Waals surface area contributed by atoms with Gasteiger partial charge in [0.15, 0.2) is 11.6 Å². The van der Waals surface area contributed by atoms with Crippen LogP contribution in [0.5, 0.6) is 0 Å². The Morgan fingerprint density at radius 3 is 2.25 bits per heavy atom. The Hall–Kier alpha value is -5.72. The number of carboxylic acid groups (broad SMARTS) is 1. The summed E-state index contributed by atoms with van der Waals surface area (Å²) in [6.45, 7) is 9.99. The number of ether oxygens (including phenoxy) is 1. The van der Waals surface area contributed by atoms with Crippen LogP contribution in [-0.4, -0.2) is 79.1 Å². The molecule has 2 aromatic rings. The first-order valence-electron chi connectivity index (χ1n) is 17.3. The van der Waals surface area contributed by atoms with Gasteiger partial charge in [0.2, 0.25) is 0 Å². The Balaban J connectivity index is 1.76. The van der Waals surface area contributed by atoms with Crippen LogP contribution in [0.25, 0.3) is 38.9 Å². The highest BCUT2D eigenvalue weighted by molar-refractivity contribution is 6.07. The number of allylic oxidation sites excluding steroid dienone is 8. The molecule has 5 heterocycles. The Morgan fingerprint density at radius 1 is 0.887 bits per heavy atom. The minimum absolute atomic E-state index is 0.0756. The summed E-state index contributed by atoms with van der Waals surface area (Å²) in [5.41, 5.74) is 9.32. The first kappa shape index (κ1) is 37.1. The molecule has 2 aromatic heterocycles. The summed E-state index contributed by atoms with van der Waals surface area (Å²) in [5.74, 6) is -3.70. The lowest BCUT2D eigenvalue weighted by Gasteiger charge is -2.38. The second kappa shape index (κ2) is 14.4. The smallest absolute Gasteiger partial charge is 0.305 e. The fourth-order valence-corrected chi connectivity index (χ4v) is 7.85. The molecule has 0 spiro atoms. The molecule has 12 nitrogen and oxygen atoms in total. The van der Waals surface area contributed by atoms with Gasteiger partial charge in [0.25, 0.3) is 0 Å². The van der Waals surface area contributed by atoms with E-state index in [4.69, 9.17) is 14.7 Å². The molecule has 5 N–H and O–H groups in total. The van der Waals surface area contributed by atoms with Gasteiger partial charge < -0.3 is 30.0 Å². The number of aromatic amines is 2. The van der Waals surface area contributed by atoms with Crippen LogP contribution in [0.15, 0.2) is 54.6 Å². The van der Waals surface area contributed by atoms with Crippen molar-refractivity contribution in [2.75, 3.05) is 20.3 Å². The predicted molar refractivity (Wildman–Crippen MR) is 201 cm³/mol. The number of nitrogens with one attached hydrogen (secondary N) is 2. The van der Waals surface area contributed by atoms with Crippen LogP contribution in [0.3, 0.4) is 0 Å². The van der Waals surface area contributed by atoms with Crippen LogP contribution in [-0.2, 0) is 35.8 Å². The van der Waals surface area contributed by atoms with Gasteiger partial charge in [-0.3, -0.25) is 19.2 Å². The van der Waals surface area contributed by atoms with Crippen molar-refractivity contribution in [1.29, 1.82) is 0 Å². The number of aromatic nitrogens is 4. The van der Waals surface area contributed by atoms with E-state index in [2.05, 4.69) is 16.5 Å². The van der Waals surface area contributed by atoms with E-state index in [1.54, 1.807) is 18.2 Å². The third-order valence-electron chi connectivity index (χ3n) is 10.8. The molecule has 0 saturated heterocycles. The summed E-state index contributed by atoms with van der Waals surface area (Å²) < 4.78 is 4.93. The summed E-state index contributed by atoms with van der Waals surface area (Å²) >= 11 is 0. The number of methoxy groups -OCH3 is 1. The molecule has 0 amide bonds. The summed E-state index contributed by atoms with van der Waals surface area (Å²) in [6.07, 6.45) is 5.57. The third-order valence-corrected chi connectivity index (χ3v) is 10.8. The van der Waals surface area contributed by atoms with Crippen molar-refractivity contribution in [3.8, 4) is 0 Å². The Bertz CT molecular complexity index is 2320. The Kier molecular flexibility index (Phi) is 10.0. The number of hydrogen-bond donors (Lipinski definition) is 5. The molecule has 3 aliphatic heterocycles. The largest absolute Gasteiger partial charge is 0.481 e. The highest BCUT2D eigenvalue weighted by Crippen LogP contribution is 2.52. The molecule has 0 aromatic carbocycles. The zero-order valence-corrected chi connectivity index (χ0v) is 30.3. The molecular weight excluding hydrogens is 676 g/mol. The summed E-state index contributed by atoms with van der Waals surface area (Å²) in [6, 6.07) is 7.46. The number of hydrogen-bond acceptors (Lipinski definition) is 9. The molecule has 2 atom stereocenters. The van der Waals surface area contributed by atoms with Crippen molar-refractivity contribution in [2.45, 2.75) is 58.8 Å². The van der Waals surface area contributed by atoms with E-state index in [1.807, 2.05) is 45.9 Å². The van der Waals surface area contributed by atoms with E-state index in [0.29, 0.717) is 57.2 Å². The summed E-state index contributed by atoms with van der Waals surface area (Å²) in [5, 5.41) is 29.7. The predicted octanol–water partition coefficient (Wildman–Crippen LogP) is 5.38. The molecule has 0 fully saturated rings. The summed E-state index contributed by atoms with van der Waals surface area (Å²) in [7, 11) is 1.34. The van der Waals surface area contributed by atoms with Crippen molar-refractivity contribution >= 4 is 62.4 Å². The zero-order chi connectivity index (χ0) is 38.4. The van der Waals surface area contributed by atoms with Gasteiger partial charge in [-0.25, -0.2) is 9.97 Å². The maximum atomic E-state index is 13.6. The highest BCUT2D eigenvalue weighted by atomic mass is 16.5. The van der Waals surface area contributed by atoms with Crippen molar-refractivity contribution in [2.24, 2.45) is 5.92 Å². The van der Waals surface area contributed by atoms with E-state index in [-0.39, 0.29) is 30.8 Å². The monoisotopic (exact) mass is 718 g/mol. The van der Waals surface area contributed by atoms with Gasteiger partial charge in [0.05, 0.1) is 35.8 Å². The fourth-order valence-electron chi connectivity index (χ4n) is 7.85. The van der Waals surface area contributed by atoms with Crippen molar-refractivity contribution < 1.29 is 39.2 Å². The molecule has 12 heteroatoms. The highest BCUT2D eigenvalue weighted by Gasteiger charge is 2.51. The van der Waals surface area contributed by atoms with Crippen LogP contribution in [0.1, 0.15) is 85.3 Å². The van der Waals surface area contributed by atoms with Crippen molar-refractivity contribution in [1.82, 2.24) is 19.9 Å². The fraction of sp³-hybridized carbons (Fsp3) is 0.317. The number of ketones is 2. The van der Waals surface area contributed by atoms with Crippen LogP contribution in [0.4, 0.5) is 0 Å². The number of carbonyl (C=O) groups is 4. The number of nitrogens with zero attached hydrogens (tertiary/aromatic N) is 2. The second-order valence-electron chi connectivity index (χ2n) is 13.7. The third kappa shape index (κ3) is 6.38. The van der Waals surface area contributed by atoms with Crippen molar-refractivity contribution in [3.63, 3.8) is 0 Å². The molecule has 0 unspecified atom stereocenters. The van der Waals surface area contributed by atoms with E-state index in [9.17, 15) is 34.5 Å². The number of carbonyl (C=O) groups excluding carboxylic acids is 3. The maximum absolute atomic E-state index is 13.6. The quantitative estimate of drug-likeness (QED) is 0.188. The lowest BCUT2D eigenvalue weighted by molar-refractivity contribution is -0.140. The van der Waals surface area contributed by atoms with Gasteiger partial charge in [-0.1, -0.05) is 24.8 Å². The Morgan fingerprint density at radius 2 is 1.58 bits per heavy atom. The van der Waals surface area contributed by atoms with Crippen molar-refractivity contribution in [3.05, 3.63) is 99.9 Å². The molecule has 1 aliphatic carbocycles. The van der Waals surface area contributed by atoms with E-state index in [0.717, 1.165) is 33.4 Å². The second-order valence-corrected chi connectivity index (χ2v) is 13.7. The number of aryl methyl sites for hydroxylation is 2. The summed E-state index contributed by atoms with van der Waals surface area (Å²) in [4.78, 5) is 67.8. The van der Waals surface area contributed by atoms with Gasteiger partial charge >= 0.3 is 11.9 Å². The van der Waals surface area contributed by atoms with Crippen LogP contribution in [0.2, 0.25) is 0 Å². The number of Topliss-reactive ketones (excluding diaryl/α,β-unsaturated/α-hetero) is 2.